The van der Waals surface area contributed by atoms with Crippen LogP contribution in [0.15, 0.2) is 30.3 Å². The van der Waals surface area contributed by atoms with E-state index in [4.69, 9.17) is 0 Å². The zero-order chi connectivity index (χ0) is 4.24. The van der Waals surface area contributed by atoms with E-state index in [0.717, 1.165) is 0 Å². The predicted octanol–water partition coefficient (Wildman–Crippen LogP) is -7.88. The molecule has 0 unspecified atom stereocenters. The van der Waals surface area contributed by atoms with E-state index in [1.807, 2.05) is 30.3 Å². The minimum atomic E-state index is 0. The Morgan fingerprint density at radius 1 is 0.900 bits per heavy atom. The van der Waals surface area contributed by atoms with Crippen LogP contribution in [0.2, 0.25) is 0 Å². The van der Waals surface area contributed by atoms with Gasteiger partial charge in [-0.25, -0.2) is 0 Å². The fourth-order valence-electron chi connectivity index (χ4n) is 0.342. The van der Waals surface area contributed by atoms with Crippen molar-refractivity contribution in [2.24, 2.45) is 0 Å². The van der Waals surface area contributed by atoms with Crippen molar-refractivity contribution in [2.45, 2.75) is 0 Å². The Kier molecular flexibility index (Phi) is 37.7. The fourth-order valence-corrected chi connectivity index (χ4v) is 0.342. The second-order valence-electron chi connectivity index (χ2n) is 1.08. The Morgan fingerprint density at radius 2 is 1.30 bits per heavy atom. The molecule has 0 radical (unpaired) electrons. The smallest absolute Gasteiger partial charge is 1.00 e. The molecule has 0 N–H and O–H groups in total. The Hall–Kier alpha value is 1.35. The number of rotatable bonds is 0. The van der Waals surface area contributed by atoms with E-state index in [9.17, 15) is 0 Å². The summed E-state index contributed by atoms with van der Waals surface area (Å²) in [5.41, 5.74) is 0. The molecule has 0 saturated heterocycles. The van der Waals surface area contributed by atoms with E-state index < -0.39 is 0 Å². The van der Waals surface area contributed by atoms with Crippen LogP contribution in [-0.2, 0) is 0 Å². The maximum Gasteiger partial charge on any atom is 2.00 e. The van der Waals surface area contributed by atoms with E-state index in [1.165, 1.54) is 0 Å². The first-order valence-electron chi connectivity index (χ1n) is 1.91. The minimum Gasteiger partial charge on any atom is -1.00 e. The summed E-state index contributed by atoms with van der Waals surface area (Å²) in [5, 5.41) is 0. The number of hydrogen-bond donors (Lipinski definition) is 0. The maximum absolute atomic E-state index is 2.89. The first-order valence-corrected chi connectivity index (χ1v) is 1.91. The summed E-state index contributed by atoms with van der Waals surface area (Å²) < 4.78 is 0. The molecule has 0 spiro atoms. The van der Waals surface area contributed by atoms with Crippen molar-refractivity contribution in [1.29, 1.82) is 0 Å². The predicted molar refractivity (Wildman–Crippen MR) is 31.0 cm³/mol. The van der Waals surface area contributed by atoms with Crippen molar-refractivity contribution in [1.82, 2.24) is 0 Å². The van der Waals surface area contributed by atoms with Gasteiger partial charge in [0.1, 0.15) is 0 Å². The van der Waals surface area contributed by atoms with Crippen LogP contribution in [-0.4, -0.2) is 23.1 Å². The van der Waals surface area contributed by atoms with Crippen LogP contribution < -0.4 is 48.2 Å². The first-order chi connectivity index (χ1) is 3.00. The molecular weight excluding hydrogens is 219 g/mol. The molecule has 0 aliphatic heterocycles. The molecule has 0 fully saturated rings. The fraction of sp³-hybridized carbons (Fsp3) is 0. The summed E-state index contributed by atoms with van der Waals surface area (Å²) in [6, 6.07) is 12.5. The van der Waals surface area contributed by atoms with Gasteiger partial charge in [-0.15, -0.1) is 0 Å². The van der Waals surface area contributed by atoms with Crippen molar-refractivity contribution >= 4 is 23.1 Å². The van der Waals surface area contributed by atoms with Crippen molar-refractivity contribution in [3.8, 4) is 0 Å². The van der Waals surface area contributed by atoms with Gasteiger partial charge in [0.25, 0.3) is 0 Å². The average molecular weight is 224 g/mol. The molecular formula is C6H5BrClLiMg. The Bertz CT molecular complexity index is 89.7. The summed E-state index contributed by atoms with van der Waals surface area (Å²) in [4.78, 5) is 0. The molecule has 0 bridgehead atoms. The number of benzene rings is 1. The minimum absolute atomic E-state index is 0. The van der Waals surface area contributed by atoms with Crippen molar-refractivity contribution in [3.63, 3.8) is 0 Å². The van der Waals surface area contributed by atoms with Crippen LogP contribution in [0.5, 0.6) is 0 Å². The van der Waals surface area contributed by atoms with Gasteiger partial charge in [0, 0.05) is 0 Å². The third-order valence-corrected chi connectivity index (χ3v) is 0.607. The molecule has 0 amide bonds. The van der Waals surface area contributed by atoms with E-state index in [1.54, 1.807) is 0 Å². The van der Waals surface area contributed by atoms with Gasteiger partial charge in [-0.1, -0.05) is 0 Å². The molecule has 1 aromatic carbocycles. The van der Waals surface area contributed by atoms with Gasteiger partial charge in [-0.3, -0.25) is 0 Å². The summed E-state index contributed by atoms with van der Waals surface area (Å²) >= 11 is 0. The van der Waals surface area contributed by atoms with Gasteiger partial charge in [-0.2, -0.15) is 36.4 Å². The number of halogens is 2. The first kappa shape index (κ1) is 22.5. The molecule has 10 heavy (non-hydrogen) atoms. The quantitative estimate of drug-likeness (QED) is 0.303. The van der Waals surface area contributed by atoms with Crippen LogP contribution in [0, 0.1) is 6.07 Å². The topological polar surface area (TPSA) is 0 Å². The molecule has 0 aromatic heterocycles. The Balaban J connectivity index is -0.0000000450. The zero-order valence-corrected chi connectivity index (χ0v) is 9.61. The van der Waals surface area contributed by atoms with E-state index in [-0.39, 0.29) is 71.3 Å². The summed E-state index contributed by atoms with van der Waals surface area (Å²) in [5.74, 6) is 0. The molecule has 0 aliphatic rings. The SMILES string of the molecule is [Br-].[Cl-].[Li+].[Mg+2].[c-]1ccccc1. The van der Waals surface area contributed by atoms with E-state index in [0.29, 0.717) is 0 Å². The van der Waals surface area contributed by atoms with Crippen LogP contribution in [0.25, 0.3) is 0 Å². The third-order valence-electron chi connectivity index (χ3n) is 0.607. The molecule has 0 heterocycles. The van der Waals surface area contributed by atoms with Crippen molar-refractivity contribution in [3.05, 3.63) is 36.4 Å². The van der Waals surface area contributed by atoms with Gasteiger partial charge < -0.3 is 29.4 Å². The largest absolute Gasteiger partial charge is 2.00 e. The van der Waals surface area contributed by atoms with Crippen LogP contribution in [0.4, 0.5) is 0 Å². The summed E-state index contributed by atoms with van der Waals surface area (Å²) in [6.07, 6.45) is 0. The van der Waals surface area contributed by atoms with Crippen LogP contribution in [0.3, 0.4) is 0 Å². The summed E-state index contributed by atoms with van der Waals surface area (Å²) in [7, 11) is 0. The average Bonchev–Trinajstić information content (AvgIpc) is 1.72. The zero-order valence-electron chi connectivity index (χ0n) is 5.85. The molecule has 1 aromatic rings. The number of hydrogen-bond acceptors (Lipinski definition) is 0. The monoisotopic (exact) mass is 222 g/mol. The molecule has 0 nitrogen and oxygen atoms in total. The van der Waals surface area contributed by atoms with Gasteiger partial charge in [0.15, 0.2) is 0 Å². The van der Waals surface area contributed by atoms with E-state index in [2.05, 4.69) is 6.07 Å². The Morgan fingerprint density at radius 3 is 1.40 bits per heavy atom. The van der Waals surface area contributed by atoms with Crippen molar-refractivity contribution < 1.29 is 48.2 Å². The second-order valence-corrected chi connectivity index (χ2v) is 1.08. The molecule has 0 atom stereocenters. The standard InChI is InChI=1S/C6H5.BrH.ClH.Li.Mg/c1-2-4-6-5-3-1;;;;/h1-5H;2*1H;;/q-1;;;+1;+2/p-2. The molecule has 4 heteroatoms. The maximum atomic E-state index is 2.89. The van der Waals surface area contributed by atoms with Crippen molar-refractivity contribution in [2.75, 3.05) is 0 Å². The van der Waals surface area contributed by atoms with Gasteiger partial charge in [0.05, 0.1) is 0 Å². The Labute approximate surface area is 107 Å². The third kappa shape index (κ3) is 12.1. The van der Waals surface area contributed by atoms with Crippen LogP contribution >= 0.6 is 0 Å². The molecule has 1 rings (SSSR count). The summed E-state index contributed by atoms with van der Waals surface area (Å²) in [6.45, 7) is 0. The molecule has 0 aliphatic carbocycles. The normalized spacial score (nSPS) is 4.80. The van der Waals surface area contributed by atoms with Gasteiger partial charge in [-0.05, 0) is 0 Å². The molecule has 0 saturated carbocycles. The van der Waals surface area contributed by atoms with Gasteiger partial charge in [0.2, 0.25) is 0 Å². The second kappa shape index (κ2) is 16.8. The van der Waals surface area contributed by atoms with Gasteiger partial charge >= 0.3 is 41.9 Å². The molecule has 46 valence electrons. The van der Waals surface area contributed by atoms with E-state index >= 15 is 0 Å². The van der Waals surface area contributed by atoms with Crippen LogP contribution in [0.1, 0.15) is 0 Å².